The molecule has 3 rings (SSSR count). The summed E-state index contributed by atoms with van der Waals surface area (Å²) in [7, 11) is 1.32. The Morgan fingerprint density at radius 3 is 2.71 bits per heavy atom. The predicted molar refractivity (Wildman–Crippen MR) is 75.4 cm³/mol. The average Bonchev–Trinajstić information content (AvgIpc) is 2.88. The van der Waals surface area contributed by atoms with Gasteiger partial charge in [-0.2, -0.15) is 5.10 Å². The van der Waals surface area contributed by atoms with Gasteiger partial charge in [-0.15, -0.1) is 0 Å². The summed E-state index contributed by atoms with van der Waals surface area (Å²) in [5.74, 6) is 0.0110. The minimum atomic E-state index is -2.72. The standard InChI is InChI=1S/C13H9BrF2N4O/c1-21-9-5-11-18-8(7-3-2-4-10(14)17-7)6-20(11)19-12(9)13(15)16/h2-6,13H,1H3. The first-order valence-electron chi connectivity index (χ1n) is 5.94. The van der Waals surface area contributed by atoms with Crippen LogP contribution in [0.25, 0.3) is 17.0 Å². The minimum absolute atomic E-state index is 0.0110. The van der Waals surface area contributed by atoms with Gasteiger partial charge in [0.05, 0.1) is 19.0 Å². The molecular formula is C13H9BrF2N4O. The zero-order chi connectivity index (χ0) is 15.0. The highest BCUT2D eigenvalue weighted by Gasteiger charge is 2.19. The van der Waals surface area contributed by atoms with E-state index in [0.29, 0.717) is 21.6 Å². The predicted octanol–water partition coefficient (Wildman–Crippen LogP) is 3.50. The molecule has 0 spiro atoms. The maximum absolute atomic E-state index is 12.9. The van der Waals surface area contributed by atoms with Crippen LogP contribution >= 0.6 is 15.9 Å². The Morgan fingerprint density at radius 1 is 1.24 bits per heavy atom. The molecule has 0 saturated carbocycles. The molecule has 0 N–H and O–H groups in total. The second-order valence-electron chi connectivity index (χ2n) is 4.17. The quantitative estimate of drug-likeness (QED) is 0.675. The highest BCUT2D eigenvalue weighted by molar-refractivity contribution is 9.10. The molecule has 0 saturated heterocycles. The molecule has 108 valence electrons. The fourth-order valence-corrected chi connectivity index (χ4v) is 2.25. The zero-order valence-corrected chi connectivity index (χ0v) is 12.4. The SMILES string of the molecule is COc1cc2nc(-c3cccc(Br)n3)cn2nc1C(F)F. The van der Waals surface area contributed by atoms with E-state index in [1.165, 1.54) is 17.7 Å². The van der Waals surface area contributed by atoms with E-state index >= 15 is 0 Å². The molecule has 0 fully saturated rings. The van der Waals surface area contributed by atoms with Crippen molar-refractivity contribution in [3.8, 4) is 17.1 Å². The normalized spacial score (nSPS) is 11.3. The van der Waals surface area contributed by atoms with Gasteiger partial charge in [-0.1, -0.05) is 6.07 Å². The van der Waals surface area contributed by atoms with Gasteiger partial charge >= 0.3 is 0 Å². The van der Waals surface area contributed by atoms with Crippen LogP contribution in [0.1, 0.15) is 12.1 Å². The van der Waals surface area contributed by atoms with Crippen LogP contribution in [-0.2, 0) is 0 Å². The van der Waals surface area contributed by atoms with E-state index in [-0.39, 0.29) is 5.75 Å². The summed E-state index contributed by atoms with van der Waals surface area (Å²) in [6.07, 6.45) is -1.17. The van der Waals surface area contributed by atoms with Crippen molar-refractivity contribution in [2.75, 3.05) is 7.11 Å². The van der Waals surface area contributed by atoms with Crippen molar-refractivity contribution in [1.29, 1.82) is 0 Å². The van der Waals surface area contributed by atoms with Crippen LogP contribution in [0.15, 0.2) is 35.1 Å². The lowest BCUT2D eigenvalue weighted by atomic mass is 10.3. The third kappa shape index (κ3) is 2.58. The largest absolute Gasteiger partial charge is 0.494 e. The number of methoxy groups -OCH3 is 1. The summed E-state index contributed by atoms with van der Waals surface area (Å²) in [4.78, 5) is 8.60. The van der Waals surface area contributed by atoms with Gasteiger partial charge in [-0.3, -0.25) is 0 Å². The number of ether oxygens (including phenoxy) is 1. The summed E-state index contributed by atoms with van der Waals surface area (Å²) >= 11 is 3.28. The molecule has 3 aromatic heterocycles. The van der Waals surface area contributed by atoms with Crippen molar-refractivity contribution in [2.24, 2.45) is 0 Å². The molecule has 0 radical (unpaired) electrons. The number of rotatable bonds is 3. The zero-order valence-electron chi connectivity index (χ0n) is 10.8. The van der Waals surface area contributed by atoms with Crippen LogP contribution in [0.5, 0.6) is 5.75 Å². The van der Waals surface area contributed by atoms with Gasteiger partial charge < -0.3 is 4.74 Å². The first-order valence-corrected chi connectivity index (χ1v) is 6.73. The fraction of sp³-hybridized carbons (Fsp3) is 0.154. The highest BCUT2D eigenvalue weighted by Crippen LogP contribution is 2.28. The molecule has 8 heteroatoms. The molecule has 0 aromatic carbocycles. The minimum Gasteiger partial charge on any atom is -0.494 e. The molecule has 0 atom stereocenters. The number of hydrogen-bond acceptors (Lipinski definition) is 4. The third-order valence-electron chi connectivity index (χ3n) is 2.85. The fourth-order valence-electron chi connectivity index (χ4n) is 1.91. The topological polar surface area (TPSA) is 52.3 Å². The van der Waals surface area contributed by atoms with Crippen molar-refractivity contribution in [3.05, 3.63) is 40.8 Å². The van der Waals surface area contributed by atoms with Gasteiger partial charge in [-0.25, -0.2) is 23.3 Å². The molecule has 0 aliphatic heterocycles. The maximum atomic E-state index is 12.9. The molecule has 3 heterocycles. The molecule has 0 bridgehead atoms. The van der Waals surface area contributed by atoms with E-state index in [1.54, 1.807) is 18.3 Å². The Hall–Kier alpha value is -2.09. The Labute approximate surface area is 126 Å². The smallest absolute Gasteiger partial charge is 0.285 e. The lowest BCUT2D eigenvalue weighted by molar-refractivity contribution is 0.139. The second-order valence-corrected chi connectivity index (χ2v) is 4.99. The molecule has 3 aromatic rings. The highest BCUT2D eigenvalue weighted by atomic mass is 79.9. The monoisotopic (exact) mass is 354 g/mol. The van der Waals surface area contributed by atoms with Crippen molar-refractivity contribution in [2.45, 2.75) is 6.43 Å². The van der Waals surface area contributed by atoms with Gasteiger partial charge in [0.1, 0.15) is 10.3 Å². The molecule has 5 nitrogen and oxygen atoms in total. The summed E-state index contributed by atoms with van der Waals surface area (Å²) in [5, 5.41) is 3.85. The number of pyridine rings is 1. The van der Waals surface area contributed by atoms with Gasteiger partial charge in [0, 0.05) is 6.07 Å². The summed E-state index contributed by atoms with van der Waals surface area (Å²) < 4.78 is 32.7. The van der Waals surface area contributed by atoms with E-state index in [1.807, 2.05) is 6.07 Å². The molecule has 0 unspecified atom stereocenters. The number of imidazole rings is 1. The Morgan fingerprint density at radius 2 is 2.05 bits per heavy atom. The van der Waals surface area contributed by atoms with Gasteiger partial charge in [0.25, 0.3) is 6.43 Å². The molecule has 0 aliphatic rings. The van der Waals surface area contributed by atoms with Crippen LogP contribution < -0.4 is 4.74 Å². The second kappa shape index (κ2) is 5.36. The lowest BCUT2D eigenvalue weighted by Crippen LogP contribution is -2.01. The van der Waals surface area contributed by atoms with Crippen LogP contribution in [0.4, 0.5) is 8.78 Å². The van der Waals surface area contributed by atoms with Crippen LogP contribution in [0.2, 0.25) is 0 Å². The Balaban J connectivity index is 2.16. The first kappa shape index (κ1) is 13.9. The number of alkyl halides is 2. The summed E-state index contributed by atoms with van der Waals surface area (Å²) in [6, 6.07) is 6.80. The molecule has 0 aliphatic carbocycles. The van der Waals surface area contributed by atoms with E-state index in [9.17, 15) is 8.78 Å². The van der Waals surface area contributed by atoms with Crippen molar-refractivity contribution in [3.63, 3.8) is 0 Å². The van der Waals surface area contributed by atoms with Gasteiger partial charge in [-0.05, 0) is 28.1 Å². The number of nitrogens with zero attached hydrogens (tertiary/aromatic N) is 4. The van der Waals surface area contributed by atoms with Crippen molar-refractivity contribution < 1.29 is 13.5 Å². The number of fused-ring (bicyclic) bond motifs is 1. The van der Waals surface area contributed by atoms with Gasteiger partial charge in [0.15, 0.2) is 17.1 Å². The number of hydrogen-bond donors (Lipinski definition) is 0. The number of aromatic nitrogens is 4. The molecule has 0 amide bonds. The van der Waals surface area contributed by atoms with E-state index in [4.69, 9.17) is 4.74 Å². The maximum Gasteiger partial charge on any atom is 0.285 e. The number of halogens is 3. The molecular weight excluding hydrogens is 346 g/mol. The van der Waals surface area contributed by atoms with Crippen LogP contribution in [0, 0.1) is 0 Å². The summed E-state index contributed by atoms with van der Waals surface area (Å²) in [5.41, 5.74) is 1.15. The third-order valence-corrected chi connectivity index (χ3v) is 3.29. The van der Waals surface area contributed by atoms with Gasteiger partial charge in [0.2, 0.25) is 0 Å². The first-order chi connectivity index (χ1) is 10.1. The van der Waals surface area contributed by atoms with E-state index in [2.05, 4.69) is 31.0 Å². The lowest BCUT2D eigenvalue weighted by Gasteiger charge is -2.06. The average molecular weight is 355 g/mol. The van der Waals surface area contributed by atoms with Crippen LogP contribution in [0.3, 0.4) is 0 Å². The van der Waals surface area contributed by atoms with Crippen LogP contribution in [-0.4, -0.2) is 26.7 Å². The van der Waals surface area contributed by atoms with Crippen molar-refractivity contribution in [1.82, 2.24) is 19.6 Å². The van der Waals surface area contributed by atoms with E-state index in [0.717, 1.165) is 0 Å². The Kier molecular flexibility index (Phi) is 3.54. The van der Waals surface area contributed by atoms with E-state index < -0.39 is 12.1 Å². The summed E-state index contributed by atoms with van der Waals surface area (Å²) in [6.45, 7) is 0. The Bertz CT molecular complexity index is 806. The molecule has 21 heavy (non-hydrogen) atoms. The van der Waals surface area contributed by atoms with Crippen molar-refractivity contribution >= 4 is 21.6 Å².